The van der Waals surface area contributed by atoms with Crippen LogP contribution < -0.4 is 4.90 Å². The number of rotatable bonds is 2. The Kier molecular flexibility index (Phi) is 3.75. The Balaban J connectivity index is 2.02. The van der Waals surface area contributed by atoms with Gasteiger partial charge in [0.15, 0.2) is 5.11 Å². The zero-order chi connectivity index (χ0) is 16.6. The average Bonchev–Trinajstić information content (AvgIpc) is 2.74. The van der Waals surface area contributed by atoms with Crippen LogP contribution in [-0.2, 0) is 4.79 Å². The summed E-state index contributed by atoms with van der Waals surface area (Å²) < 4.78 is 0. The fraction of sp³-hybridized carbons (Fsp3) is 0.0588. The van der Waals surface area contributed by atoms with Crippen molar-refractivity contribution in [1.29, 1.82) is 0 Å². The van der Waals surface area contributed by atoms with E-state index < -0.39 is 0 Å². The Bertz CT molecular complexity index is 818. The van der Waals surface area contributed by atoms with Gasteiger partial charge in [-0.2, -0.15) is 0 Å². The van der Waals surface area contributed by atoms with Crippen molar-refractivity contribution in [2.24, 2.45) is 0 Å². The number of carbonyl (C=O) groups is 1. The van der Waals surface area contributed by atoms with Gasteiger partial charge in [0.2, 0.25) is 0 Å². The number of amides is 1. The van der Waals surface area contributed by atoms with E-state index in [1.165, 1.54) is 23.1 Å². The van der Waals surface area contributed by atoms with Crippen LogP contribution in [0.25, 0.3) is 6.08 Å². The fourth-order valence-electron chi connectivity index (χ4n) is 2.36. The van der Waals surface area contributed by atoms with E-state index in [1.807, 2.05) is 18.2 Å². The number of phenols is 2. The summed E-state index contributed by atoms with van der Waals surface area (Å²) in [5.41, 5.74) is 1.46. The third-order valence-electron chi connectivity index (χ3n) is 3.58. The van der Waals surface area contributed by atoms with Crippen molar-refractivity contribution in [1.82, 2.24) is 4.90 Å². The lowest BCUT2D eigenvalue weighted by Gasteiger charge is -2.16. The molecule has 5 nitrogen and oxygen atoms in total. The van der Waals surface area contributed by atoms with Gasteiger partial charge in [0, 0.05) is 18.7 Å². The highest BCUT2D eigenvalue weighted by molar-refractivity contribution is 7.80. The lowest BCUT2D eigenvalue weighted by Crippen LogP contribution is -2.30. The Labute approximate surface area is 138 Å². The van der Waals surface area contributed by atoms with E-state index in [0.717, 1.165) is 0 Å². The molecule has 1 heterocycles. The van der Waals surface area contributed by atoms with Gasteiger partial charge in [-0.05, 0) is 42.6 Å². The molecule has 0 aliphatic carbocycles. The van der Waals surface area contributed by atoms with E-state index in [1.54, 1.807) is 30.2 Å². The molecular weight excluding hydrogens is 312 g/mol. The van der Waals surface area contributed by atoms with Gasteiger partial charge < -0.3 is 15.1 Å². The van der Waals surface area contributed by atoms with Crippen LogP contribution in [0.3, 0.4) is 0 Å². The number of phenolic OH excluding ortho intramolecular Hbond substituents is 2. The number of para-hydroxylation sites is 1. The molecule has 23 heavy (non-hydrogen) atoms. The molecule has 0 aromatic heterocycles. The molecule has 6 heteroatoms. The Morgan fingerprint density at radius 2 is 1.78 bits per heavy atom. The molecular formula is C17H14N2O3S. The SMILES string of the molecule is CN1C(=S)N(c2ccccc2)C(=O)/C1=C\c1ccc(O)cc1O. The molecule has 2 N–H and O–H groups in total. The minimum atomic E-state index is -0.267. The average molecular weight is 326 g/mol. The van der Waals surface area contributed by atoms with Crippen molar-refractivity contribution in [2.45, 2.75) is 0 Å². The third kappa shape index (κ3) is 2.64. The Morgan fingerprint density at radius 1 is 1.09 bits per heavy atom. The predicted molar refractivity (Wildman–Crippen MR) is 92.0 cm³/mol. The topological polar surface area (TPSA) is 64.0 Å². The van der Waals surface area contributed by atoms with Crippen LogP contribution in [0.1, 0.15) is 5.56 Å². The molecule has 2 aromatic rings. The first-order chi connectivity index (χ1) is 11.0. The van der Waals surface area contributed by atoms with Gasteiger partial charge in [-0.1, -0.05) is 18.2 Å². The minimum absolute atomic E-state index is 0.0443. The summed E-state index contributed by atoms with van der Waals surface area (Å²) >= 11 is 5.36. The van der Waals surface area contributed by atoms with Crippen LogP contribution >= 0.6 is 12.2 Å². The first-order valence-corrected chi connectivity index (χ1v) is 7.31. The maximum Gasteiger partial charge on any atom is 0.281 e. The van der Waals surface area contributed by atoms with Crippen LogP contribution in [-0.4, -0.2) is 33.2 Å². The number of nitrogens with zero attached hydrogens (tertiary/aromatic N) is 2. The van der Waals surface area contributed by atoms with Crippen molar-refractivity contribution < 1.29 is 15.0 Å². The molecule has 0 unspecified atom stereocenters. The smallest absolute Gasteiger partial charge is 0.281 e. The number of hydrogen-bond acceptors (Lipinski definition) is 4. The fourth-order valence-corrected chi connectivity index (χ4v) is 2.65. The molecule has 0 atom stereocenters. The number of carbonyl (C=O) groups excluding carboxylic acids is 1. The van der Waals surface area contributed by atoms with Gasteiger partial charge in [-0.25, -0.2) is 0 Å². The molecule has 0 spiro atoms. The molecule has 1 fully saturated rings. The number of thiocarbonyl (C=S) groups is 1. The lowest BCUT2D eigenvalue weighted by molar-refractivity contribution is -0.114. The number of likely N-dealkylation sites (N-methyl/N-ethyl adjacent to an activating group) is 1. The van der Waals surface area contributed by atoms with Gasteiger partial charge in [0.05, 0.1) is 5.69 Å². The minimum Gasteiger partial charge on any atom is -0.508 e. The summed E-state index contributed by atoms with van der Waals surface area (Å²) in [7, 11) is 1.70. The summed E-state index contributed by atoms with van der Waals surface area (Å²) in [6.45, 7) is 0. The van der Waals surface area contributed by atoms with E-state index in [0.29, 0.717) is 22.1 Å². The van der Waals surface area contributed by atoms with Gasteiger partial charge in [0.1, 0.15) is 17.2 Å². The highest BCUT2D eigenvalue weighted by Gasteiger charge is 2.36. The largest absolute Gasteiger partial charge is 0.508 e. The second-order valence-electron chi connectivity index (χ2n) is 5.09. The first kappa shape index (κ1) is 15.1. The van der Waals surface area contributed by atoms with Gasteiger partial charge in [-0.15, -0.1) is 0 Å². The first-order valence-electron chi connectivity index (χ1n) is 6.90. The number of aromatic hydroxyl groups is 2. The Hall–Kier alpha value is -2.86. The molecule has 1 amide bonds. The zero-order valence-electron chi connectivity index (χ0n) is 12.3. The van der Waals surface area contributed by atoms with Crippen LogP contribution in [0, 0.1) is 0 Å². The van der Waals surface area contributed by atoms with E-state index in [2.05, 4.69) is 0 Å². The summed E-state index contributed by atoms with van der Waals surface area (Å²) in [5.74, 6) is -0.420. The van der Waals surface area contributed by atoms with E-state index >= 15 is 0 Å². The summed E-state index contributed by atoms with van der Waals surface area (Å²) in [5, 5.41) is 19.6. The predicted octanol–water partition coefficient (Wildman–Crippen LogP) is 2.70. The standard InChI is InChI=1S/C17H14N2O3S/c1-18-14(9-11-7-8-13(20)10-15(11)21)16(22)19(17(18)23)12-5-3-2-4-6-12/h2-10,20-21H,1H3/b14-9+. The van der Waals surface area contributed by atoms with Crippen molar-refractivity contribution >= 4 is 35.0 Å². The van der Waals surface area contributed by atoms with Gasteiger partial charge in [0.25, 0.3) is 5.91 Å². The second-order valence-corrected chi connectivity index (χ2v) is 5.46. The third-order valence-corrected chi connectivity index (χ3v) is 4.04. The molecule has 1 saturated heterocycles. The van der Waals surface area contributed by atoms with Crippen LogP contribution in [0.15, 0.2) is 54.2 Å². The molecule has 3 rings (SSSR count). The van der Waals surface area contributed by atoms with E-state index in [9.17, 15) is 15.0 Å². The van der Waals surface area contributed by atoms with Crippen molar-refractivity contribution in [3.63, 3.8) is 0 Å². The maximum absolute atomic E-state index is 12.7. The monoisotopic (exact) mass is 326 g/mol. The van der Waals surface area contributed by atoms with Crippen LogP contribution in [0.2, 0.25) is 0 Å². The van der Waals surface area contributed by atoms with Crippen molar-refractivity contribution in [3.05, 3.63) is 59.8 Å². The molecule has 1 aliphatic heterocycles. The number of hydrogen-bond donors (Lipinski definition) is 2. The molecule has 116 valence electrons. The van der Waals surface area contributed by atoms with E-state index in [-0.39, 0.29) is 17.4 Å². The lowest BCUT2D eigenvalue weighted by atomic mass is 10.1. The maximum atomic E-state index is 12.7. The van der Waals surface area contributed by atoms with Gasteiger partial charge in [-0.3, -0.25) is 9.69 Å². The van der Waals surface area contributed by atoms with Crippen molar-refractivity contribution in [3.8, 4) is 11.5 Å². The van der Waals surface area contributed by atoms with E-state index in [4.69, 9.17) is 12.2 Å². The highest BCUT2D eigenvalue weighted by Crippen LogP contribution is 2.30. The summed E-state index contributed by atoms with van der Waals surface area (Å²) in [4.78, 5) is 15.7. The molecule has 0 bridgehead atoms. The van der Waals surface area contributed by atoms with Gasteiger partial charge >= 0.3 is 0 Å². The zero-order valence-corrected chi connectivity index (χ0v) is 13.1. The quantitative estimate of drug-likeness (QED) is 0.656. The molecule has 1 aliphatic rings. The van der Waals surface area contributed by atoms with Crippen LogP contribution in [0.4, 0.5) is 5.69 Å². The molecule has 0 saturated carbocycles. The molecule has 0 radical (unpaired) electrons. The van der Waals surface area contributed by atoms with Crippen LogP contribution in [0.5, 0.6) is 11.5 Å². The normalized spacial score (nSPS) is 16.5. The number of anilines is 1. The number of benzene rings is 2. The highest BCUT2D eigenvalue weighted by atomic mass is 32.1. The second kappa shape index (κ2) is 5.73. The Morgan fingerprint density at radius 3 is 2.43 bits per heavy atom. The summed E-state index contributed by atoms with van der Waals surface area (Å²) in [6, 6.07) is 13.3. The van der Waals surface area contributed by atoms with Crippen molar-refractivity contribution in [2.75, 3.05) is 11.9 Å². The summed E-state index contributed by atoms with van der Waals surface area (Å²) in [6.07, 6.45) is 1.55. The molecule has 2 aromatic carbocycles.